The Labute approximate surface area is 170 Å². The number of carbonyl (C=O) groups is 1. The molecule has 30 heavy (non-hydrogen) atoms. The van der Waals surface area contributed by atoms with E-state index in [4.69, 9.17) is 29.2 Å². The number of hydrogen-bond acceptors (Lipinski definition) is 11. The first-order valence-electron chi connectivity index (χ1n) is 9.10. The van der Waals surface area contributed by atoms with Crippen LogP contribution in [-0.2, 0) is 14.2 Å². The molecule has 0 aromatic heterocycles. The van der Waals surface area contributed by atoms with Gasteiger partial charge in [0.2, 0.25) is 6.29 Å². The third-order valence-corrected chi connectivity index (χ3v) is 5.03. The van der Waals surface area contributed by atoms with E-state index in [1.165, 1.54) is 24.3 Å². The van der Waals surface area contributed by atoms with Gasteiger partial charge in [-0.1, -0.05) is 0 Å². The van der Waals surface area contributed by atoms with Gasteiger partial charge in [-0.2, -0.15) is 0 Å². The summed E-state index contributed by atoms with van der Waals surface area (Å²) in [5, 5.41) is 68.4. The highest BCUT2D eigenvalue weighted by Gasteiger charge is 2.50. The summed E-state index contributed by atoms with van der Waals surface area (Å²) in [6.07, 6.45) is -10.3. The third kappa shape index (κ3) is 4.56. The summed E-state index contributed by atoms with van der Waals surface area (Å²) in [6, 6.07) is 5.22. The lowest BCUT2D eigenvalue weighted by atomic mass is 9.99. The molecule has 2 fully saturated rings. The quantitative estimate of drug-likeness (QED) is 0.231. The molecule has 1 aromatic carbocycles. The molecule has 8 atom stereocenters. The monoisotopic (exact) mass is 432 g/mol. The predicted octanol–water partition coefficient (Wildman–Crippen LogP) is -2.97. The van der Waals surface area contributed by atoms with Crippen LogP contribution in [0.2, 0.25) is 0 Å². The van der Waals surface area contributed by atoms with E-state index in [-0.39, 0.29) is 17.9 Å². The fourth-order valence-corrected chi connectivity index (χ4v) is 3.09. The van der Waals surface area contributed by atoms with Crippen molar-refractivity contribution in [2.45, 2.75) is 48.7 Å². The van der Waals surface area contributed by atoms with Crippen LogP contribution in [0.15, 0.2) is 24.3 Å². The Bertz CT molecular complexity index is 726. The van der Waals surface area contributed by atoms with Crippen molar-refractivity contribution in [1.82, 2.24) is 0 Å². The Morgan fingerprint density at radius 1 is 1.07 bits per heavy atom. The van der Waals surface area contributed by atoms with Crippen LogP contribution in [0.3, 0.4) is 0 Å². The molecular weight excluding hydrogens is 408 g/mol. The first kappa shape index (κ1) is 22.8. The molecule has 2 heterocycles. The maximum atomic E-state index is 10.9. The summed E-state index contributed by atoms with van der Waals surface area (Å²) < 4.78 is 21.3. The van der Waals surface area contributed by atoms with Gasteiger partial charge < -0.3 is 54.7 Å². The Hall–Kier alpha value is -1.87. The van der Waals surface area contributed by atoms with Gasteiger partial charge in [0.25, 0.3) is 0 Å². The van der Waals surface area contributed by atoms with Crippen LogP contribution >= 0.6 is 0 Å². The Morgan fingerprint density at radius 2 is 1.73 bits per heavy atom. The van der Waals surface area contributed by atoms with E-state index in [0.717, 1.165) is 0 Å². The second-order valence-corrected chi connectivity index (χ2v) is 7.18. The van der Waals surface area contributed by atoms with Gasteiger partial charge in [0.1, 0.15) is 41.9 Å². The largest absolute Gasteiger partial charge is 0.478 e. The zero-order chi connectivity index (χ0) is 22.1. The smallest absolute Gasteiger partial charge is 0.335 e. The summed E-state index contributed by atoms with van der Waals surface area (Å²) in [5.41, 5.74) is -1.87. The highest BCUT2D eigenvalue weighted by Crippen LogP contribution is 2.28. The topological polar surface area (TPSA) is 196 Å². The number of aromatic carboxylic acids is 1. The molecule has 2 saturated heterocycles. The molecule has 0 unspecified atom stereocenters. The van der Waals surface area contributed by atoms with Crippen molar-refractivity contribution in [1.29, 1.82) is 0 Å². The minimum atomic E-state index is -1.89. The predicted molar refractivity (Wildman–Crippen MR) is 94.4 cm³/mol. The number of benzene rings is 1. The molecule has 168 valence electrons. The van der Waals surface area contributed by atoms with Crippen molar-refractivity contribution in [2.24, 2.45) is 0 Å². The number of rotatable bonds is 7. The normalized spacial score (nSPS) is 39.1. The van der Waals surface area contributed by atoms with Crippen LogP contribution in [0.5, 0.6) is 5.75 Å². The number of aliphatic hydroxyl groups is 6. The second-order valence-electron chi connectivity index (χ2n) is 7.18. The number of ether oxygens (including phenoxy) is 4. The van der Waals surface area contributed by atoms with E-state index in [9.17, 15) is 30.3 Å². The molecule has 7 N–H and O–H groups in total. The Balaban J connectivity index is 1.62. The van der Waals surface area contributed by atoms with Gasteiger partial charge >= 0.3 is 5.97 Å². The lowest BCUT2D eigenvalue weighted by Crippen LogP contribution is -2.60. The number of carboxylic acid groups (broad SMARTS) is 1. The van der Waals surface area contributed by atoms with Crippen molar-refractivity contribution < 1.29 is 59.5 Å². The molecular formula is C18H24O12. The average Bonchev–Trinajstić information content (AvgIpc) is 3.02. The summed E-state index contributed by atoms with van der Waals surface area (Å²) >= 11 is 0. The maximum Gasteiger partial charge on any atom is 0.335 e. The van der Waals surface area contributed by atoms with E-state index in [1.54, 1.807) is 0 Å². The highest BCUT2D eigenvalue weighted by molar-refractivity contribution is 5.87. The Morgan fingerprint density at radius 3 is 2.30 bits per heavy atom. The van der Waals surface area contributed by atoms with Crippen LogP contribution in [0.1, 0.15) is 10.4 Å². The summed E-state index contributed by atoms with van der Waals surface area (Å²) in [4.78, 5) is 10.9. The first-order valence-corrected chi connectivity index (χ1v) is 9.10. The van der Waals surface area contributed by atoms with Gasteiger partial charge in [-0.25, -0.2) is 4.79 Å². The molecule has 2 aliphatic rings. The molecule has 12 heteroatoms. The van der Waals surface area contributed by atoms with Crippen LogP contribution in [-0.4, -0.2) is 110 Å². The molecule has 2 aliphatic heterocycles. The molecule has 3 rings (SSSR count). The molecule has 0 bridgehead atoms. The molecule has 1 aromatic rings. The van der Waals surface area contributed by atoms with Gasteiger partial charge in [0, 0.05) is 0 Å². The second kappa shape index (κ2) is 9.09. The third-order valence-electron chi connectivity index (χ3n) is 5.03. The lowest BCUT2D eigenvalue weighted by Gasteiger charge is -2.40. The van der Waals surface area contributed by atoms with Gasteiger partial charge in [-0.15, -0.1) is 0 Å². The van der Waals surface area contributed by atoms with Gasteiger partial charge in [0.05, 0.1) is 25.4 Å². The standard InChI is InChI=1S/C18H24O12/c19-6-18(26)7-28-17(14(18)23)27-5-10-11(20)12(21)13(22)16(30-10)29-9-3-1-8(2-4-9)15(24)25/h1-4,10-14,16-17,19-23,26H,5-7H2,(H,24,25)/t10-,11+,12+,13-,14-,16-,17+,18-/m0/s1. The zero-order valence-corrected chi connectivity index (χ0v) is 15.6. The fraction of sp³-hybridized carbons (Fsp3) is 0.611. The van der Waals surface area contributed by atoms with Crippen molar-refractivity contribution in [3.63, 3.8) is 0 Å². The zero-order valence-electron chi connectivity index (χ0n) is 15.6. The van der Waals surface area contributed by atoms with Crippen LogP contribution in [0.25, 0.3) is 0 Å². The van der Waals surface area contributed by atoms with E-state index in [1.807, 2.05) is 0 Å². The van der Waals surface area contributed by atoms with E-state index in [2.05, 4.69) is 0 Å². The first-order chi connectivity index (χ1) is 14.2. The minimum Gasteiger partial charge on any atom is -0.478 e. The number of hydrogen-bond donors (Lipinski definition) is 7. The number of carboxylic acids is 1. The van der Waals surface area contributed by atoms with E-state index < -0.39 is 67.9 Å². The molecule has 0 saturated carbocycles. The van der Waals surface area contributed by atoms with Crippen LogP contribution in [0.4, 0.5) is 0 Å². The molecule has 0 spiro atoms. The number of aliphatic hydroxyl groups excluding tert-OH is 5. The van der Waals surface area contributed by atoms with Crippen molar-refractivity contribution in [2.75, 3.05) is 19.8 Å². The molecule has 0 amide bonds. The van der Waals surface area contributed by atoms with Crippen LogP contribution < -0.4 is 4.74 Å². The summed E-state index contributed by atoms with van der Waals surface area (Å²) in [6.45, 7) is -1.53. The van der Waals surface area contributed by atoms with Crippen molar-refractivity contribution in [3.05, 3.63) is 29.8 Å². The van der Waals surface area contributed by atoms with Crippen molar-refractivity contribution in [3.8, 4) is 5.75 Å². The summed E-state index contributed by atoms with van der Waals surface area (Å²) in [7, 11) is 0. The lowest BCUT2D eigenvalue weighted by molar-refractivity contribution is -0.289. The Kier molecular flexibility index (Phi) is 6.91. The van der Waals surface area contributed by atoms with Gasteiger partial charge in [-0.3, -0.25) is 0 Å². The van der Waals surface area contributed by atoms with Crippen molar-refractivity contribution >= 4 is 5.97 Å². The van der Waals surface area contributed by atoms with Gasteiger partial charge in [0.15, 0.2) is 6.29 Å². The molecule has 0 radical (unpaired) electrons. The average molecular weight is 432 g/mol. The van der Waals surface area contributed by atoms with E-state index in [0.29, 0.717) is 0 Å². The SMILES string of the molecule is O=C(O)c1ccc(O[C@H]2O[C@@H](CO[C@@H]3OC[C@@](O)(CO)[C@H]3O)[C@@H](O)[C@@H](O)[C@@H]2O)cc1. The van der Waals surface area contributed by atoms with E-state index >= 15 is 0 Å². The molecule has 12 nitrogen and oxygen atoms in total. The minimum absolute atomic E-state index is 0.0205. The summed E-state index contributed by atoms with van der Waals surface area (Å²) in [5.74, 6) is -0.981. The van der Waals surface area contributed by atoms with Gasteiger partial charge in [-0.05, 0) is 24.3 Å². The molecule has 0 aliphatic carbocycles. The maximum absolute atomic E-state index is 10.9. The van der Waals surface area contributed by atoms with Crippen LogP contribution in [0, 0.1) is 0 Å². The fourth-order valence-electron chi connectivity index (χ4n) is 3.09. The highest BCUT2D eigenvalue weighted by atomic mass is 16.7.